The summed E-state index contributed by atoms with van der Waals surface area (Å²) in [6.45, 7) is 4.84. The van der Waals surface area contributed by atoms with Crippen LogP contribution >= 0.6 is 0 Å². The Bertz CT molecular complexity index is 521. The number of ether oxygens (including phenoxy) is 2. The number of nitrogen functional groups attached to an aromatic ring is 1. The number of aromatic nitrogens is 2. The Kier molecular flexibility index (Phi) is 4.81. The van der Waals surface area contributed by atoms with Gasteiger partial charge in [-0.25, -0.2) is 4.98 Å². The van der Waals surface area contributed by atoms with Gasteiger partial charge in [0.1, 0.15) is 17.6 Å². The van der Waals surface area contributed by atoms with Crippen molar-refractivity contribution in [3.63, 3.8) is 0 Å². The van der Waals surface area contributed by atoms with E-state index in [-0.39, 0.29) is 12.0 Å². The number of anilines is 1. The number of nitrogens with two attached hydrogens (primary N) is 1. The van der Waals surface area contributed by atoms with E-state index >= 15 is 0 Å². The van der Waals surface area contributed by atoms with E-state index in [4.69, 9.17) is 15.2 Å². The van der Waals surface area contributed by atoms with Crippen molar-refractivity contribution in [3.8, 4) is 0 Å². The van der Waals surface area contributed by atoms with Crippen LogP contribution in [0.3, 0.4) is 0 Å². The molecule has 120 valence electrons. The molecule has 2 saturated heterocycles. The summed E-state index contributed by atoms with van der Waals surface area (Å²) in [5, 5.41) is 0. The van der Waals surface area contributed by atoms with Crippen LogP contribution in [0.4, 0.5) is 5.82 Å². The molecule has 1 atom stereocenters. The monoisotopic (exact) mass is 307 g/mol. The molecule has 1 amide bonds. The highest BCUT2D eigenvalue weighted by Gasteiger charge is 2.27. The Hall–Kier alpha value is -1.77. The molecule has 0 bridgehead atoms. The van der Waals surface area contributed by atoms with Crippen LogP contribution < -0.4 is 5.73 Å². The fourth-order valence-electron chi connectivity index (χ4n) is 2.72. The van der Waals surface area contributed by atoms with E-state index in [0.717, 1.165) is 6.54 Å². The third-order valence-electron chi connectivity index (χ3n) is 3.93. The normalized spacial score (nSPS) is 23.5. The Morgan fingerprint density at radius 2 is 2.00 bits per heavy atom. The molecule has 8 heteroatoms. The third-order valence-corrected chi connectivity index (χ3v) is 3.93. The molecule has 1 unspecified atom stereocenters. The molecule has 0 radical (unpaired) electrons. The minimum atomic E-state index is -0.236. The number of morpholine rings is 2. The van der Waals surface area contributed by atoms with Crippen molar-refractivity contribution in [2.24, 2.45) is 0 Å². The summed E-state index contributed by atoms with van der Waals surface area (Å²) in [6, 6.07) is 0. The van der Waals surface area contributed by atoms with Crippen LogP contribution in [-0.2, 0) is 14.3 Å². The summed E-state index contributed by atoms with van der Waals surface area (Å²) in [6.07, 6.45) is 2.92. The molecule has 1 aromatic heterocycles. The Balaban J connectivity index is 1.58. The van der Waals surface area contributed by atoms with Crippen LogP contribution in [0.2, 0.25) is 0 Å². The van der Waals surface area contributed by atoms with Gasteiger partial charge in [0.2, 0.25) is 5.91 Å². The number of amides is 1. The molecule has 0 saturated carbocycles. The van der Waals surface area contributed by atoms with Crippen LogP contribution in [0.5, 0.6) is 0 Å². The zero-order chi connectivity index (χ0) is 15.4. The molecule has 2 aliphatic rings. The van der Waals surface area contributed by atoms with Gasteiger partial charge in [0.25, 0.3) is 0 Å². The van der Waals surface area contributed by atoms with Gasteiger partial charge >= 0.3 is 0 Å². The van der Waals surface area contributed by atoms with Gasteiger partial charge in [0, 0.05) is 38.6 Å². The minimum Gasteiger partial charge on any atom is -0.382 e. The molecule has 0 spiro atoms. The van der Waals surface area contributed by atoms with E-state index in [0.29, 0.717) is 57.5 Å². The topological polar surface area (TPSA) is 93.8 Å². The number of carbonyl (C=O) groups excluding carboxylic acids is 1. The van der Waals surface area contributed by atoms with Gasteiger partial charge in [-0.2, -0.15) is 0 Å². The number of nitrogens with zero attached hydrogens (tertiary/aromatic N) is 4. The third kappa shape index (κ3) is 3.52. The van der Waals surface area contributed by atoms with Crippen LogP contribution in [-0.4, -0.2) is 78.2 Å². The molecule has 22 heavy (non-hydrogen) atoms. The first-order valence-corrected chi connectivity index (χ1v) is 7.50. The quantitative estimate of drug-likeness (QED) is 0.788. The molecule has 1 aromatic rings. The first-order chi connectivity index (χ1) is 10.7. The average Bonchev–Trinajstić information content (AvgIpc) is 2.56. The summed E-state index contributed by atoms with van der Waals surface area (Å²) in [5.74, 6) is 0.518. The maximum atomic E-state index is 12.3. The maximum absolute atomic E-state index is 12.3. The van der Waals surface area contributed by atoms with Crippen molar-refractivity contribution in [3.05, 3.63) is 18.1 Å². The first kappa shape index (κ1) is 15.1. The summed E-state index contributed by atoms with van der Waals surface area (Å²) in [7, 11) is 0. The molecule has 8 nitrogen and oxygen atoms in total. The first-order valence-electron chi connectivity index (χ1n) is 7.50. The Morgan fingerprint density at radius 3 is 2.77 bits per heavy atom. The fraction of sp³-hybridized carbons (Fsp3) is 0.643. The molecular formula is C14H21N5O3. The highest BCUT2D eigenvalue weighted by molar-refractivity contribution is 5.78. The van der Waals surface area contributed by atoms with E-state index in [9.17, 15) is 4.79 Å². The highest BCUT2D eigenvalue weighted by Crippen LogP contribution is 2.23. The van der Waals surface area contributed by atoms with Crippen LogP contribution in [0, 0.1) is 0 Å². The van der Waals surface area contributed by atoms with Crippen molar-refractivity contribution in [2.45, 2.75) is 6.10 Å². The molecule has 0 aliphatic carbocycles. The van der Waals surface area contributed by atoms with E-state index in [1.807, 2.05) is 4.90 Å². The zero-order valence-corrected chi connectivity index (χ0v) is 12.5. The molecule has 2 aliphatic heterocycles. The van der Waals surface area contributed by atoms with E-state index in [1.54, 1.807) is 12.4 Å². The summed E-state index contributed by atoms with van der Waals surface area (Å²) in [5.41, 5.74) is 6.50. The van der Waals surface area contributed by atoms with Gasteiger partial charge in [0.05, 0.1) is 26.4 Å². The maximum Gasteiger partial charge on any atom is 0.236 e. The lowest BCUT2D eigenvalue weighted by atomic mass is 10.2. The lowest BCUT2D eigenvalue weighted by Crippen LogP contribution is -2.48. The molecule has 3 heterocycles. The van der Waals surface area contributed by atoms with Crippen molar-refractivity contribution in [1.29, 1.82) is 0 Å². The van der Waals surface area contributed by atoms with Gasteiger partial charge in [-0.15, -0.1) is 0 Å². The second-order valence-electron chi connectivity index (χ2n) is 5.41. The number of hydrogen-bond donors (Lipinski definition) is 1. The summed E-state index contributed by atoms with van der Waals surface area (Å²) in [4.78, 5) is 24.5. The zero-order valence-electron chi connectivity index (χ0n) is 12.5. The van der Waals surface area contributed by atoms with Gasteiger partial charge in [-0.05, 0) is 0 Å². The summed E-state index contributed by atoms with van der Waals surface area (Å²) >= 11 is 0. The number of rotatable bonds is 3. The predicted octanol–water partition coefficient (Wildman–Crippen LogP) is -0.709. The van der Waals surface area contributed by atoms with Crippen molar-refractivity contribution in [2.75, 3.05) is 58.3 Å². The molecule has 0 aromatic carbocycles. The standard InChI is InChI=1S/C14H21N5O3/c15-14-13(16-1-2-17-14)11-9-18(3-8-22-11)10-12(20)19-4-6-21-7-5-19/h1-2,11H,3-10H2,(H2,15,17). The van der Waals surface area contributed by atoms with Crippen molar-refractivity contribution in [1.82, 2.24) is 19.8 Å². The van der Waals surface area contributed by atoms with Gasteiger partial charge in [-0.1, -0.05) is 0 Å². The lowest BCUT2D eigenvalue weighted by molar-refractivity contribution is -0.138. The van der Waals surface area contributed by atoms with Gasteiger partial charge in [-0.3, -0.25) is 14.7 Å². The highest BCUT2D eigenvalue weighted by atomic mass is 16.5. The predicted molar refractivity (Wildman–Crippen MR) is 79.0 cm³/mol. The largest absolute Gasteiger partial charge is 0.382 e. The average molecular weight is 307 g/mol. The number of carbonyl (C=O) groups is 1. The number of hydrogen-bond acceptors (Lipinski definition) is 7. The second-order valence-corrected chi connectivity index (χ2v) is 5.41. The minimum absolute atomic E-state index is 0.135. The summed E-state index contributed by atoms with van der Waals surface area (Å²) < 4.78 is 11.0. The van der Waals surface area contributed by atoms with Crippen molar-refractivity contribution >= 4 is 11.7 Å². The Morgan fingerprint density at radius 1 is 1.23 bits per heavy atom. The SMILES string of the molecule is Nc1nccnc1C1CN(CC(=O)N2CCOCC2)CCO1. The second kappa shape index (κ2) is 6.99. The molecule has 3 rings (SSSR count). The van der Waals surface area contributed by atoms with Crippen LogP contribution in [0.1, 0.15) is 11.8 Å². The van der Waals surface area contributed by atoms with Crippen LogP contribution in [0.25, 0.3) is 0 Å². The van der Waals surface area contributed by atoms with E-state index in [2.05, 4.69) is 14.9 Å². The fourth-order valence-corrected chi connectivity index (χ4v) is 2.72. The van der Waals surface area contributed by atoms with Crippen LogP contribution in [0.15, 0.2) is 12.4 Å². The van der Waals surface area contributed by atoms with Crippen molar-refractivity contribution < 1.29 is 14.3 Å². The van der Waals surface area contributed by atoms with E-state index in [1.165, 1.54) is 0 Å². The molecule has 2 fully saturated rings. The van der Waals surface area contributed by atoms with E-state index < -0.39 is 0 Å². The van der Waals surface area contributed by atoms with Gasteiger partial charge in [0.15, 0.2) is 0 Å². The molecule has 2 N–H and O–H groups in total. The van der Waals surface area contributed by atoms with Gasteiger partial charge < -0.3 is 20.1 Å². The Labute approximate surface area is 129 Å². The lowest BCUT2D eigenvalue weighted by Gasteiger charge is -2.34. The smallest absolute Gasteiger partial charge is 0.236 e. The molecular weight excluding hydrogens is 286 g/mol.